The van der Waals surface area contributed by atoms with Gasteiger partial charge in [0.1, 0.15) is 12.4 Å². The number of aliphatic hydroxyl groups excluding tert-OH is 1. The van der Waals surface area contributed by atoms with Gasteiger partial charge in [0.05, 0.1) is 18.4 Å². The molecule has 0 unspecified atom stereocenters. The molecule has 0 aliphatic rings. The Bertz CT molecular complexity index is 578. The smallest absolute Gasteiger partial charge is 0.339 e. The Kier molecular flexibility index (Phi) is 5.29. The van der Waals surface area contributed by atoms with Crippen LogP contribution in [-0.2, 0) is 17.8 Å². The third-order valence-electron chi connectivity index (χ3n) is 2.96. The van der Waals surface area contributed by atoms with E-state index in [2.05, 4.69) is 9.72 Å². The van der Waals surface area contributed by atoms with E-state index in [1.165, 1.54) is 13.3 Å². The maximum absolute atomic E-state index is 11.3. The second kappa shape index (κ2) is 7.40. The molecule has 0 bridgehead atoms. The van der Waals surface area contributed by atoms with Crippen molar-refractivity contribution in [3.8, 4) is 5.75 Å². The van der Waals surface area contributed by atoms with E-state index >= 15 is 0 Å². The third-order valence-corrected chi connectivity index (χ3v) is 2.96. The Balaban J connectivity index is 1.91. The van der Waals surface area contributed by atoms with E-state index in [9.17, 15) is 4.79 Å². The standard InChI is InChI=1S/C16H17NO4/c1-20-16(19)13-4-5-14(17-10-13)11-21-15-6-2-12(3-7-15)8-9-18/h2-7,10,18H,8-9,11H2,1H3. The predicted octanol–water partition coefficient (Wildman–Crippen LogP) is 1.98. The molecule has 0 radical (unpaired) electrons. The number of carbonyl (C=O) groups is 1. The van der Waals surface area contributed by atoms with Gasteiger partial charge in [0, 0.05) is 12.8 Å². The Morgan fingerprint density at radius 1 is 1.19 bits per heavy atom. The van der Waals surface area contributed by atoms with Gasteiger partial charge in [-0.25, -0.2) is 4.79 Å². The van der Waals surface area contributed by atoms with E-state index in [1.807, 2.05) is 24.3 Å². The Labute approximate surface area is 123 Å². The van der Waals surface area contributed by atoms with Crippen LogP contribution >= 0.6 is 0 Å². The molecule has 0 spiro atoms. The van der Waals surface area contributed by atoms with Crippen LogP contribution in [0.2, 0.25) is 0 Å². The lowest BCUT2D eigenvalue weighted by molar-refractivity contribution is 0.0600. The molecule has 0 atom stereocenters. The number of nitrogens with zero attached hydrogens (tertiary/aromatic N) is 1. The van der Waals surface area contributed by atoms with Crippen LogP contribution in [0, 0.1) is 0 Å². The summed E-state index contributed by atoms with van der Waals surface area (Å²) in [7, 11) is 1.33. The van der Waals surface area contributed by atoms with Crippen LogP contribution in [0.5, 0.6) is 5.75 Å². The molecule has 1 heterocycles. The molecule has 21 heavy (non-hydrogen) atoms. The minimum atomic E-state index is -0.408. The first-order chi connectivity index (χ1) is 10.2. The molecule has 0 amide bonds. The first-order valence-electron chi connectivity index (χ1n) is 6.59. The fraction of sp³-hybridized carbons (Fsp3) is 0.250. The van der Waals surface area contributed by atoms with Crippen molar-refractivity contribution in [3.63, 3.8) is 0 Å². The quantitative estimate of drug-likeness (QED) is 0.823. The van der Waals surface area contributed by atoms with Crippen molar-refractivity contribution in [2.24, 2.45) is 0 Å². The lowest BCUT2D eigenvalue weighted by Gasteiger charge is -2.07. The first-order valence-corrected chi connectivity index (χ1v) is 6.59. The normalized spacial score (nSPS) is 10.2. The summed E-state index contributed by atoms with van der Waals surface area (Å²) >= 11 is 0. The van der Waals surface area contributed by atoms with Crippen molar-refractivity contribution in [2.75, 3.05) is 13.7 Å². The number of aromatic nitrogens is 1. The molecule has 1 aromatic carbocycles. The topological polar surface area (TPSA) is 68.7 Å². The number of pyridine rings is 1. The highest BCUT2D eigenvalue weighted by atomic mass is 16.5. The van der Waals surface area contributed by atoms with Gasteiger partial charge in [-0.05, 0) is 36.2 Å². The molecule has 110 valence electrons. The Morgan fingerprint density at radius 2 is 1.95 bits per heavy atom. The molecule has 0 aliphatic heterocycles. The summed E-state index contributed by atoms with van der Waals surface area (Å²) in [4.78, 5) is 15.4. The molecular formula is C16H17NO4. The Morgan fingerprint density at radius 3 is 2.52 bits per heavy atom. The average Bonchev–Trinajstić information content (AvgIpc) is 2.54. The zero-order valence-corrected chi connectivity index (χ0v) is 11.8. The second-order valence-corrected chi connectivity index (χ2v) is 4.44. The van der Waals surface area contributed by atoms with E-state index in [4.69, 9.17) is 9.84 Å². The lowest BCUT2D eigenvalue weighted by Crippen LogP contribution is -2.04. The van der Waals surface area contributed by atoms with Crippen molar-refractivity contribution >= 4 is 5.97 Å². The van der Waals surface area contributed by atoms with Crippen LogP contribution in [0.3, 0.4) is 0 Å². The molecule has 5 nitrogen and oxygen atoms in total. The van der Waals surface area contributed by atoms with Crippen molar-refractivity contribution in [2.45, 2.75) is 13.0 Å². The van der Waals surface area contributed by atoms with Gasteiger partial charge in [-0.15, -0.1) is 0 Å². The number of hydrogen-bond donors (Lipinski definition) is 1. The summed E-state index contributed by atoms with van der Waals surface area (Å²) < 4.78 is 10.2. The minimum Gasteiger partial charge on any atom is -0.487 e. The van der Waals surface area contributed by atoms with Crippen LogP contribution in [0.4, 0.5) is 0 Å². The minimum absolute atomic E-state index is 0.136. The molecule has 2 rings (SSSR count). The summed E-state index contributed by atoms with van der Waals surface area (Å²) in [6.45, 7) is 0.456. The van der Waals surface area contributed by atoms with Crippen molar-refractivity contribution in [1.29, 1.82) is 0 Å². The van der Waals surface area contributed by atoms with Crippen LogP contribution in [-0.4, -0.2) is 29.8 Å². The fourth-order valence-electron chi connectivity index (χ4n) is 1.79. The summed E-state index contributed by atoms with van der Waals surface area (Å²) in [5.41, 5.74) is 2.20. The zero-order valence-electron chi connectivity index (χ0n) is 11.8. The molecule has 0 saturated heterocycles. The third kappa shape index (κ3) is 4.29. The number of esters is 1. The van der Waals surface area contributed by atoms with Gasteiger partial charge in [0.2, 0.25) is 0 Å². The van der Waals surface area contributed by atoms with Crippen LogP contribution in [0.15, 0.2) is 42.6 Å². The number of ether oxygens (including phenoxy) is 2. The van der Waals surface area contributed by atoms with Gasteiger partial charge in [-0.2, -0.15) is 0 Å². The number of benzene rings is 1. The number of methoxy groups -OCH3 is 1. The van der Waals surface area contributed by atoms with E-state index < -0.39 is 5.97 Å². The summed E-state index contributed by atoms with van der Waals surface area (Å²) in [5.74, 6) is 0.324. The summed E-state index contributed by atoms with van der Waals surface area (Å²) in [6.07, 6.45) is 2.10. The van der Waals surface area contributed by atoms with E-state index in [-0.39, 0.29) is 6.61 Å². The van der Waals surface area contributed by atoms with Gasteiger partial charge in [-0.3, -0.25) is 4.98 Å². The Hall–Kier alpha value is -2.40. The molecule has 0 aliphatic carbocycles. The average molecular weight is 287 g/mol. The van der Waals surface area contributed by atoms with Gasteiger partial charge in [-0.1, -0.05) is 12.1 Å². The van der Waals surface area contributed by atoms with E-state index in [0.29, 0.717) is 18.6 Å². The first kappa shape index (κ1) is 15.0. The van der Waals surface area contributed by atoms with Crippen LogP contribution < -0.4 is 4.74 Å². The van der Waals surface area contributed by atoms with E-state index in [1.54, 1.807) is 12.1 Å². The number of rotatable bonds is 6. The van der Waals surface area contributed by atoms with Crippen molar-refractivity contribution < 1.29 is 19.4 Å². The van der Waals surface area contributed by atoms with Gasteiger partial charge < -0.3 is 14.6 Å². The van der Waals surface area contributed by atoms with Gasteiger partial charge in [0.25, 0.3) is 0 Å². The summed E-state index contributed by atoms with van der Waals surface area (Å²) in [5, 5.41) is 8.85. The zero-order chi connectivity index (χ0) is 15.1. The number of hydrogen-bond acceptors (Lipinski definition) is 5. The molecule has 1 N–H and O–H groups in total. The molecule has 0 fully saturated rings. The fourth-order valence-corrected chi connectivity index (χ4v) is 1.79. The number of carbonyl (C=O) groups excluding carboxylic acids is 1. The molecular weight excluding hydrogens is 270 g/mol. The SMILES string of the molecule is COC(=O)c1ccc(COc2ccc(CCO)cc2)nc1. The lowest BCUT2D eigenvalue weighted by atomic mass is 10.1. The maximum Gasteiger partial charge on any atom is 0.339 e. The number of aliphatic hydroxyl groups is 1. The van der Waals surface area contributed by atoms with Crippen LogP contribution in [0.25, 0.3) is 0 Å². The van der Waals surface area contributed by atoms with Crippen molar-refractivity contribution in [1.82, 2.24) is 4.98 Å². The van der Waals surface area contributed by atoms with Crippen LogP contribution in [0.1, 0.15) is 21.6 Å². The maximum atomic E-state index is 11.3. The molecule has 0 saturated carbocycles. The molecule has 5 heteroatoms. The predicted molar refractivity (Wildman–Crippen MR) is 77.1 cm³/mol. The molecule has 1 aromatic heterocycles. The highest BCUT2D eigenvalue weighted by Crippen LogP contribution is 2.14. The molecule has 2 aromatic rings. The van der Waals surface area contributed by atoms with E-state index in [0.717, 1.165) is 17.0 Å². The van der Waals surface area contributed by atoms with Gasteiger partial charge in [0.15, 0.2) is 0 Å². The summed E-state index contributed by atoms with van der Waals surface area (Å²) in [6, 6.07) is 10.9. The van der Waals surface area contributed by atoms with Gasteiger partial charge >= 0.3 is 5.97 Å². The monoisotopic (exact) mass is 287 g/mol. The highest BCUT2D eigenvalue weighted by molar-refractivity contribution is 5.88. The highest BCUT2D eigenvalue weighted by Gasteiger charge is 2.05. The van der Waals surface area contributed by atoms with Crippen molar-refractivity contribution in [3.05, 3.63) is 59.4 Å². The largest absolute Gasteiger partial charge is 0.487 e. The second-order valence-electron chi connectivity index (χ2n) is 4.44.